The minimum atomic E-state index is 1.08. The maximum atomic E-state index is 2.43. The Labute approximate surface area is 338 Å². The molecule has 2 heteroatoms. The van der Waals surface area contributed by atoms with Crippen LogP contribution >= 0.6 is 0 Å². The monoisotopic (exact) mass is 738 g/mol. The quantitative estimate of drug-likeness (QED) is 0.148. The van der Waals surface area contributed by atoms with E-state index in [-0.39, 0.29) is 0 Å². The Bertz CT molecular complexity index is 3230. The Balaban J connectivity index is 1.11. The summed E-state index contributed by atoms with van der Waals surface area (Å²) >= 11 is 0. The molecule has 1 heterocycles. The number of para-hydroxylation sites is 3. The van der Waals surface area contributed by atoms with Crippen LogP contribution < -0.4 is 4.90 Å². The molecule has 0 N–H and O–H groups in total. The van der Waals surface area contributed by atoms with Crippen molar-refractivity contribution in [2.24, 2.45) is 0 Å². The van der Waals surface area contributed by atoms with Crippen LogP contribution in [0.5, 0.6) is 0 Å². The third-order valence-electron chi connectivity index (χ3n) is 11.6. The molecule has 11 aromatic rings. The van der Waals surface area contributed by atoms with Gasteiger partial charge in [-0.15, -0.1) is 0 Å². The molecule has 0 spiro atoms. The van der Waals surface area contributed by atoms with Gasteiger partial charge in [0.25, 0.3) is 0 Å². The van der Waals surface area contributed by atoms with Crippen molar-refractivity contribution in [3.8, 4) is 39.1 Å². The number of fused-ring (bicyclic) bond motifs is 6. The van der Waals surface area contributed by atoms with Gasteiger partial charge in [0.2, 0.25) is 0 Å². The largest absolute Gasteiger partial charge is 0.310 e. The summed E-state index contributed by atoms with van der Waals surface area (Å²) in [7, 11) is 0. The molecule has 2 nitrogen and oxygen atoms in total. The van der Waals surface area contributed by atoms with Gasteiger partial charge >= 0.3 is 0 Å². The molecule has 0 aliphatic rings. The van der Waals surface area contributed by atoms with Gasteiger partial charge in [0.05, 0.1) is 16.7 Å². The van der Waals surface area contributed by atoms with Crippen LogP contribution in [0.3, 0.4) is 0 Å². The maximum absolute atomic E-state index is 2.43. The normalized spacial score (nSPS) is 11.4. The van der Waals surface area contributed by atoms with Crippen LogP contribution in [0.1, 0.15) is 0 Å². The van der Waals surface area contributed by atoms with Crippen molar-refractivity contribution in [1.29, 1.82) is 0 Å². The average Bonchev–Trinajstić information content (AvgIpc) is 3.64. The lowest BCUT2D eigenvalue weighted by molar-refractivity contribution is 1.17. The van der Waals surface area contributed by atoms with Crippen molar-refractivity contribution >= 4 is 60.4 Å². The summed E-state index contributed by atoms with van der Waals surface area (Å²) in [5.74, 6) is 0. The van der Waals surface area contributed by atoms with E-state index < -0.39 is 0 Å². The SMILES string of the molecule is c1ccc(-c2ccccc2-c2ccccc2-c2ccccc2N(c2ccc(-n3c4ccccc4c4ccccc43)cc2)c2ccc3c(ccc4ccccc43)c2)cc1. The van der Waals surface area contributed by atoms with E-state index in [9.17, 15) is 0 Å². The smallest absolute Gasteiger partial charge is 0.0541 e. The first-order valence-corrected chi connectivity index (χ1v) is 19.9. The molecule has 10 aromatic carbocycles. The predicted octanol–water partition coefficient (Wildman–Crippen LogP) is 15.6. The minimum absolute atomic E-state index is 1.08. The zero-order chi connectivity index (χ0) is 38.4. The van der Waals surface area contributed by atoms with Crippen LogP contribution in [0.4, 0.5) is 17.1 Å². The van der Waals surface area contributed by atoms with Crippen molar-refractivity contribution in [2.75, 3.05) is 4.90 Å². The molecule has 272 valence electrons. The Kier molecular flexibility index (Phi) is 8.19. The first-order chi connectivity index (χ1) is 28.8. The molecule has 0 aliphatic carbocycles. The van der Waals surface area contributed by atoms with E-state index >= 15 is 0 Å². The van der Waals surface area contributed by atoms with Gasteiger partial charge in [0.1, 0.15) is 0 Å². The molecule has 58 heavy (non-hydrogen) atoms. The molecule has 0 unspecified atom stereocenters. The van der Waals surface area contributed by atoms with Gasteiger partial charge in [-0.05, 0) is 104 Å². The third kappa shape index (κ3) is 5.66. The summed E-state index contributed by atoms with van der Waals surface area (Å²) in [6.07, 6.45) is 0. The van der Waals surface area contributed by atoms with Crippen molar-refractivity contribution in [3.05, 3.63) is 231 Å². The van der Waals surface area contributed by atoms with Crippen molar-refractivity contribution in [3.63, 3.8) is 0 Å². The predicted molar refractivity (Wildman–Crippen MR) is 247 cm³/mol. The highest BCUT2D eigenvalue weighted by molar-refractivity contribution is 6.10. The maximum Gasteiger partial charge on any atom is 0.0541 e. The Morgan fingerprint density at radius 2 is 0.776 bits per heavy atom. The Morgan fingerprint density at radius 1 is 0.293 bits per heavy atom. The Morgan fingerprint density at radius 3 is 1.48 bits per heavy atom. The van der Waals surface area contributed by atoms with Crippen molar-refractivity contribution in [1.82, 2.24) is 4.57 Å². The lowest BCUT2D eigenvalue weighted by Gasteiger charge is -2.29. The van der Waals surface area contributed by atoms with Gasteiger partial charge in [-0.25, -0.2) is 0 Å². The first kappa shape index (κ1) is 33.6. The van der Waals surface area contributed by atoms with Crippen molar-refractivity contribution in [2.45, 2.75) is 0 Å². The molecule has 0 fully saturated rings. The molecule has 0 aliphatic heterocycles. The highest BCUT2D eigenvalue weighted by Gasteiger charge is 2.21. The number of nitrogens with zero attached hydrogens (tertiary/aromatic N) is 2. The van der Waals surface area contributed by atoms with Gasteiger partial charge < -0.3 is 9.47 Å². The second kappa shape index (κ2) is 14.1. The van der Waals surface area contributed by atoms with Crippen LogP contribution in [0.25, 0.3) is 82.4 Å². The summed E-state index contributed by atoms with van der Waals surface area (Å²) in [6, 6.07) is 83.7. The van der Waals surface area contributed by atoms with Crippen LogP contribution in [0.2, 0.25) is 0 Å². The second-order valence-electron chi connectivity index (χ2n) is 14.9. The highest BCUT2D eigenvalue weighted by Crippen LogP contribution is 2.46. The standard InChI is InChI=1S/C56H38N2/c1-2-16-39(17-3-1)46-20-6-7-21-48(46)49-22-8-9-23-50(49)51-24-10-13-27-54(51)57(44-36-37-47-41(38-44)31-30-40-18-4-5-19-45(40)47)42-32-34-43(35-33-42)58-55-28-14-11-25-52(55)53-26-12-15-29-56(53)58/h1-38H. The summed E-state index contributed by atoms with van der Waals surface area (Å²) in [4.78, 5) is 2.43. The molecule has 0 bridgehead atoms. The van der Waals surface area contributed by atoms with Crippen LogP contribution in [-0.2, 0) is 0 Å². The number of benzene rings is 10. The molecule has 0 amide bonds. The summed E-state index contributed by atoms with van der Waals surface area (Å²) in [6.45, 7) is 0. The molecular formula is C56H38N2. The molecule has 11 rings (SSSR count). The molecule has 0 saturated carbocycles. The van der Waals surface area contributed by atoms with Gasteiger partial charge in [-0.2, -0.15) is 0 Å². The molecule has 0 saturated heterocycles. The van der Waals surface area contributed by atoms with E-state index in [0.29, 0.717) is 0 Å². The van der Waals surface area contributed by atoms with Crippen molar-refractivity contribution < 1.29 is 0 Å². The van der Waals surface area contributed by atoms with E-state index in [1.807, 2.05) is 0 Å². The minimum Gasteiger partial charge on any atom is -0.310 e. The van der Waals surface area contributed by atoms with Crippen LogP contribution in [-0.4, -0.2) is 4.57 Å². The molecule has 1 aromatic heterocycles. The summed E-state index contributed by atoms with van der Waals surface area (Å²) in [5, 5.41) is 7.48. The Hall–Kier alpha value is -7.68. The number of rotatable bonds is 7. The van der Waals surface area contributed by atoms with Gasteiger partial charge in [-0.1, -0.05) is 176 Å². The fourth-order valence-corrected chi connectivity index (χ4v) is 8.95. The number of hydrogen-bond donors (Lipinski definition) is 0. The summed E-state index contributed by atoms with van der Waals surface area (Å²) < 4.78 is 2.38. The van der Waals surface area contributed by atoms with Crippen LogP contribution in [0.15, 0.2) is 231 Å². The number of hydrogen-bond acceptors (Lipinski definition) is 1. The zero-order valence-electron chi connectivity index (χ0n) is 31.8. The molecule has 0 radical (unpaired) electrons. The van der Waals surface area contributed by atoms with E-state index in [1.165, 1.54) is 71.2 Å². The van der Waals surface area contributed by atoms with E-state index in [1.54, 1.807) is 0 Å². The van der Waals surface area contributed by atoms with E-state index in [4.69, 9.17) is 0 Å². The second-order valence-corrected chi connectivity index (χ2v) is 14.9. The highest BCUT2D eigenvalue weighted by atomic mass is 15.1. The lowest BCUT2D eigenvalue weighted by atomic mass is 9.88. The van der Waals surface area contributed by atoms with E-state index in [2.05, 4.69) is 240 Å². The molecular weight excluding hydrogens is 701 g/mol. The third-order valence-corrected chi connectivity index (χ3v) is 11.6. The van der Waals surface area contributed by atoms with Crippen LogP contribution in [0, 0.1) is 0 Å². The zero-order valence-corrected chi connectivity index (χ0v) is 31.8. The molecule has 0 atom stereocenters. The average molecular weight is 739 g/mol. The van der Waals surface area contributed by atoms with Gasteiger partial charge in [0, 0.05) is 33.4 Å². The topological polar surface area (TPSA) is 8.17 Å². The van der Waals surface area contributed by atoms with Gasteiger partial charge in [0.15, 0.2) is 0 Å². The fraction of sp³-hybridized carbons (Fsp3) is 0. The van der Waals surface area contributed by atoms with E-state index in [0.717, 1.165) is 28.3 Å². The number of aromatic nitrogens is 1. The summed E-state index contributed by atoms with van der Waals surface area (Å²) in [5.41, 5.74) is 14.0. The van der Waals surface area contributed by atoms with Gasteiger partial charge in [-0.3, -0.25) is 0 Å². The lowest BCUT2D eigenvalue weighted by Crippen LogP contribution is -2.11. The first-order valence-electron chi connectivity index (χ1n) is 19.9. The number of anilines is 3. The fourth-order valence-electron chi connectivity index (χ4n) is 8.95.